The van der Waals surface area contributed by atoms with Gasteiger partial charge in [0, 0.05) is 52.4 Å². The van der Waals surface area contributed by atoms with Crippen molar-refractivity contribution in [3.8, 4) is 0 Å². The SMILES string of the molecule is CN=C(NCCCCC(C)C)N1CCN(Cc2ccon2)CC1. The van der Waals surface area contributed by atoms with Crippen LogP contribution in [0.5, 0.6) is 0 Å². The van der Waals surface area contributed by atoms with Crippen molar-refractivity contribution >= 4 is 5.96 Å². The van der Waals surface area contributed by atoms with Crippen LogP contribution in [-0.2, 0) is 6.54 Å². The molecule has 1 aromatic heterocycles. The van der Waals surface area contributed by atoms with Crippen LogP contribution in [0, 0.1) is 5.92 Å². The van der Waals surface area contributed by atoms with Crippen LogP contribution < -0.4 is 5.32 Å². The number of aromatic nitrogens is 1. The van der Waals surface area contributed by atoms with Crippen LogP contribution in [0.2, 0.25) is 0 Å². The van der Waals surface area contributed by atoms with E-state index in [9.17, 15) is 0 Å². The molecule has 2 rings (SSSR count). The fourth-order valence-electron chi connectivity index (χ4n) is 2.88. The van der Waals surface area contributed by atoms with Crippen LogP contribution in [0.25, 0.3) is 0 Å². The number of nitrogens with one attached hydrogen (secondary N) is 1. The lowest BCUT2D eigenvalue weighted by Crippen LogP contribution is -2.52. The molecule has 1 aliphatic rings. The lowest BCUT2D eigenvalue weighted by atomic mass is 10.1. The highest BCUT2D eigenvalue weighted by Gasteiger charge is 2.19. The number of aliphatic imine (C=N–C) groups is 1. The topological polar surface area (TPSA) is 56.9 Å². The Morgan fingerprint density at radius 2 is 2.09 bits per heavy atom. The van der Waals surface area contributed by atoms with Gasteiger partial charge in [0.2, 0.25) is 0 Å². The Morgan fingerprint density at radius 1 is 1.30 bits per heavy atom. The first kappa shape index (κ1) is 17.8. The third-order valence-electron chi connectivity index (χ3n) is 4.25. The van der Waals surface area contributed by atoms with Gasteiger partial charge in [0.05, 0.1) is 5.69 Å². The molecule has 130 valence electrons. The van der Waals surface area contributed by atoms with E-state index in [4.69, 9.17) is 4.52 Å². The van der Waals surface area contributed by atoms with Gasteiger partial charge in [-0.15, -0.1) is 0 Å². The second-order valence-electron chi connectivity index (χ2n) is 6.62. The third kappa shape index (κ3) is 6.22. The van der Waals surface area contributed by atoms with E-state index in [0.29, 0.717) is 0 Å². The molecule has 0 bridgehead atoms. The molecule has 0 radical (unpaired) electrons. The minimum Gasteiger partial charge on any atom is -0.364 e. The van der Waals surface area contributed by atoms with Crippen molar-refractivity contribution in [2.24, 2.45) is 10.9 Å². The number of rotatable bonds is 7. The second kappa shape index (κ2) is 9.55. The number of hydrogen-bond acceptors (Lipinski definition) is 4. The van der Waals surface area contributed by atoms with Crippen LogP contribution in [0.3, 0.4) is 0 Å². The zero-order chi connectivity index (χ0) is 16.5. The summed E-state index contributed by atoms with van der Waals surface area (Å²) in [4.78, 5) is 9.19. The summed E-state index contributed by atoms with van der Waals surface area (Å²) in [6.45, 7) is 10.5. The first-order valence-electron chi connectivity index (χ1n) is 8.76. The summed E-state index contributed by atoms with van der Waals surface area (Å²) in [6.07, 6.45) is 5.44. The molecule has 1 saturated heterocycles. The molecule has 0 atom stereocenters. The smallest absolute Gasteiger partial charge is 0.193 e. The zero-order valence-corrected chi connectivity index (χ0v) is 14.8. The molecule has 0 saturated carbocycles. The number of unbranched alkanes of at least 4 members (excludes halogenated alkanes) is 1. The Hall–Kier alpha value is -1.56. The van der Waals surface area contributed by atoms with Crippen molar-refractivity contribution in [3.05, 3.63) is 18.0 Å². The Morgan fingerprint density at radius 3 is 2.70 bits per heavy atom. The van der Waals surface area contributed by atoms with E-state index in [1.807, 2.05) is 13.1 Å². The van der Waals surface area contributed by atoms with Crippen LogP contribution in [0.1, 0.15) is 38.8 Å². The molecule has 0 aliphatic carbocycles. The number of piperazine rings is 1. The minimum absolute atomic E-state index is 0.798. The predicted octanol–water partition coefficient (Wildman–Crippen LogP) is 2.19. The van der Waals surface area contributed by atoms with Crippen molar-refractivity contribution in [1.82, 2.24) is 20.3 Å². The molecule has 23 heavy (non-hydrogen) atoms. The van der Waals surface area contributed by atoms with Crippen LogP contribution in [-0.4, -0.2) is 60.7 Å². The van der Waals surface area contributed by atoms with Crippen LogP contribution >= 0.6 is 0 Å². The maximum Gasteiger partial charge on any atom is 0.193 e. The molecule has 1 N–H and O–H groups in total. The molecule has 6 nitrogen and oxygen atoms in total. The summed E-state index contributed by atoms with van der Waals surface area (Å²) < 4.78 is 4.90. The van der Waals surface area contributed by atoms with E-state index < -0.39 is 0 Å². The van der Waals surface area contributed by atoms with Crippen molar-refractivity contribution in [3.63, 3.8) is 0 Å². The van der Waals surface area contributed by atoms with Gasteiger partial charge in [-0.2, -0.15) is 0 Å². The van der Waals surface area contributed by atoms with Gasteiger partial charge in [0.15, 0.2) is 5.96 Å². The lowest BCUT2D eigenvalue weighted by molar-refractivity contribution is 0.169. The summed E-state index contributed by atoms with van der Waals surface area (Å²) in [5, 5.41) is 7.49. The minimum atomic E-state index is 0.798. The number of hydrogen-bond donors (Lipinski definition) is 1. The van der Waals surface area contributed by atoms with Crippen molar-refractivity contribution in [1.29, 1.82) is 0 Å². The molecule has 0 spiro atoms. The standard InChI is InChI=1S/C17H31N5O/c1-15(2)6-4-5-8-19-17(18-3)22-11-9-21(10-12-22)14-16-7-13-23-20-16/h7,13,15H,4-6,8-12,14H2,1-3H3,(H,18,19). The highest BCUT2D eigenvalue weighted by atomic mass is 16.5. The molecule has 1 aliphatic heterocycles. The van der Waals surface area contributed by atoms with Gasteiger partial charge in [-0.25, -0.2) is 0 Å². The van der Waals surface area contributed by atoms with Crippen molar-refractivity contribution in [2.75, 3.05) is 39.8 Å². The Bertz CT molecular complexity index is 450. The van der Waals surface area contributed by atoms with Gasteiger partial charge in [0.25, 0.3) is 0 Å². The fraction of sp³-hybridized carbons (Fsp3) is 0.765. The normalized spacial score (nSPS) is 17.0. The maximum atomic E-state index is 4.90. The molecule has 6 heteroatoms. The Labute approximate surface area is 139 Å². The van der Waals surface area contributed by atoms with E-state index in [2.05, 4.69) is 39.1 Å². The molecule has 1 fully saturated rings. The molecule has 2 heterocycles. The zero-order valence-electron chi connectivity index (χ0n) is 14.8. The summed E-state index contributed by atoms with van der Waals surface area (Å²) in [5.41, 5.74) is 1.01. The highest BCUT2D eigenvalue weighted by Crippen LogP contribution is 2.08. The maximum absolute atomic E-state index is 4.90. The van der Waals surface area contributed by atoms with Gasteiger partial charge in [-0.05, 0) is 12.3 Å². The molecule has 1 aromatic rings. The monoisotopic (exact) mass is 321 g/mol. The third-order valence-corrected chi connectivity index (χ3v) is 4.25. The summed E-state index contributed by atoms with van der Waals surface area (Å²) in [5.74, 6) is 1.84. The second-order valence-corrected chi connectivity index (χ2v) is 6.62. The van der Waals surface area contributed by atoms with Gasteiger partial charge in [-0.3, -0.25) is 9.89 Å². The average Bonchev–Trinajstić information content (AvgIpc) is 3.05. The quantitative estimate of drug-likeness (QED) is 0.474. The molecule has 0 aromatic carbocycles. The van der Waals surface area contributed by atoms with E-state index in [-0.39, 0.29) is 0 Å². The molecular formula is C17H31N5O. The van der Waals surface area contributed by atoms with E-state index in [1.165, 1.54) is 19.3 Å². The van der Waals surface area contributed by atoms with Gasteiger partial charge in [0.1, 0.15) is 6.26 Å². The average molecular weight is 321 g/mol. The lowest BCUT2D eigenvalue weighted by Gasteiger charge is -2.36. The van der Waals surface area contributed by atoms with Crippen molar-refractivity contribution < 1.29 is 4.52 Å². The molecule has 0 unspecified atom stereocenters. The molecular weight excluding hydrogens is 290 g/mol. The summed E-state index contributed by atoms with van der Waals surface area (Å²) in [6, 6.07) is 1.93. The molecule has 0 amide bonds. The predicted molar refractivity (Wildman–Crippen MR) is 93.4 cm³/mol. The van der Waals surface area contributed by atoms with Gasteiger partial charge < -0.3 is 14.7 Å². The first-order valence-corrected chi connectivity index (χ1v) is 8.76. The summed E-state index contributed by atoms with van der Waals surface area (Å²) >= 11 is 0. The van der Waals surface area contributed by atoms with Crippen molar-refractivity contribution in [2.45, 2.75) is 39.7 Å². The first-order chi connectivity index (χ1) is 11.2. The van der Waals surface area contributed by atoms with Crippen LogP contribution in [0.4, 0.5) is 0 Å². The Balaban J connectivity index is 1.66. The fourth-order valence-corrected chi connectivity index (χ4v) is 2.88. The van der Waals surface area contributed by atoms with E-state index in [1.54, 1.807) is 6.26 Å². The van der Waals surface area contributed by atoms with Crippen LogP contribution in [0.15, 0.2) is 21.8 Å². The van der Waals surface area contributed by atoms with E-state index in [0.717, 1.165) is 56.8 Å². The van der Waals surface area contributed by atoms with Gasteiger partial charge in [-0.1, -0.05) is 31.8 Å². The number of nitrogens with zero attached hydrogens (tertiary/aromatic N) is 4. The highest BCUT2D eigenvalue weighted by molar-refractivity contribution is 5.79. The van der Waals surface area contributed by atoms with Gasteiger partial charge >= 0.3 is 0 Å². The number of guanidine groups is 1. The van der Waals surface area contributed by atoms with E-state index >= 15 is 0 Å². The largest absolute Gasteiger partial charge is 0.364 e. The Kier molecular flexibility index (Phi) is 7.39. The summed E-state index contributed by atoms with van der Waals surface area (Å²) in [7, 11) is 1.87.